The summed E-state index contributed by atoms with van der Waals surface area (Å²) in [6, 6.07) is 11.0. The molecule has 27 heavy (non-hydrogen) atoms. The summed E-state index contributed by atoms with van der Waals surface area (Å²) in [6.45, 7) is 0.638. The zero-order chi connectivity index (χ0) is 19.4. The number of halogens is 3. The SMILES string of the molecule is NCc1cc(O[C@H]2CCN(C(=O)Nc3ccccc3)C2)nc(C(F)(F)F)c1. The molecule has 0 aliphatic carbocycles. The van der Waals surface area contributed by atoms with Gasteiger partial charge in [-0.05, 0) is 23.8 Å². The van der Waals surface area contributed by atoms with Crippen molar-refractivity contribution in [2.45, 2.75) is 25.2 Å². The summed E-state index contributed by atoms with van der Waals surface area (Å²) in [5.74, 6) is -0.138. The quantitative estimate of drug-likeness (QED) is 0.853. The van der Waals surface area contributed by atoms with E-state index >= 15 is 0 Å². The van der Waals surface area contributed by atoms with Crippen LogP contribution in [-0.4, -0.2) is 35.1 Å². The van der Waals surface area contributed by atoms with Gasteiger partial charge in [0.2, 0.25) is 5.88 Å². The van der Waals surface area contributed by atoms with Gasteiger partial charge >= 0.3 is 12.2 Å². The van der Waals surface area contributed by atoms with Gasteiger partial charge in [-0.1, -0.05) is 18.2 Å². The fourth-order valence-electron chi connectivity index (χ4n) is 2.79. The van der Waals surface area contributed by atoms with E-state index in [4.69, 9.17) is 10.5 Å². The summed E-state index contributed by atoms with van der Waals surface area (Å²) >= 11 is 0. The highest BCUT2D eigenvalue weighted by atomic mass is 19.4. The minimum absolute atomic E-state index is 0.0573. The predicted octanol–water partition coefficient (Wildman–Crippen LogP) is 3.24. The van der Waals surface area contributed by atoms with Gasteiger partial charge in [0, 0.05) is 31.3 Å². The number of amides is 2. The Balaban J connectivity index is 1.63. The second-order valence-electron chi connectivity index (χ2n) is 6.17. The topological polar surface area (TPSA) is 80.5 Å². The second-order valence-corrected chi connectivity index (χ2v) is 6.17. The molecule has 3 N–H and O–H groups in total. The Labute approximate surface area is 154 Å². The Morgan fingerprint density at radius 1 is 1.30 bits per heavy atom. The largest absolute Gasteiger partial charge is 0.472 e. The lowest BCUT2D eigenvalue weighted by Crippen LogP contribution is -2.34. The third-order valence-electron chi connectivity index (χ3n) is 4.13. The number of urea groups is 1. The van der Waals surface area contributed by atoms with E-state index in [2.05, 4.69) is 10.3 Å². The molecule has 2 heterocycles. The summed E-state index contributed by atoms with van der Waals surface area (Å²) in [5.41, 5.74) is 5.37. The van der Waals surface area contributed by atoms with Crippen LogP contribution in [0.4, 0.5) is 23.7 Å². The number of anilines is 1. The average molecular weight is 380 g/mol. The van der Waals surface area contributed by atoms with Crippen molar-refractivity contribution in [1.29, 1.82) is 0 Å². The summed E-state index contributed by atoms with van der Waals surface area (Å²) in [4.78, 5) is 17.4. The van der Waals surface area contributed by atoms with Crippen LogP contribution in [0.2, 0.25) is 0 Å². The van der Waals surface area contributed by atoms with Crippen molar-refractivity contribution < 1.29 is 22.7 Å². The maximum absolute atomic E-state index is 13.0. The van der Waals surface area contributed by atoms with Crippen LogP contribution in [0.3, 0.4) is 0 Å². The Morgan fingerprint density at radius 2 is 2.04 bits per heavy atom. The van der Waals surface area contributed by atoms with Crippen LogP contribution in [0.25, 0.3) is 0 Å². The van der Waals surface area contributed by atoms with Crippen molar-refractivity contribution in [1.82, 2.24) is 9.88 Å². The van der Waals surface area contributed by atoms with Gasteiger partial charge in [-0.2, -0.15) is 13.2 Å². The number of ether oxygens (including phenoxy) is 1. The van der Waals surface area contributed by atoms with Crippen LogP contribution in [0.1, 0.15) is 17.7 Å². The van der Waals surface area contributed by atoms with Crippen molar-refractivity contribution in [3.63, 3.8) is 0 Å². The predicted molar refractivity (Wildman–Crippen MR) is 93.2 cm³/mol. The number of hydrogen-bond donors (Lipinski definition) is 2. The molecular formula is C18H19F3N4O2. The van der Waals surface area contributed by atoms with Gasteiger partial charge in [-0.3, -0.25) is 0 Å². The van der Waals surface area contributed by atoms with E-state index in [1.54, 1.807) is 29.2 Å². The van der Waals surface area contributed by atoms with E-state index < -0.39 is 18.0 Å². The summed E-state index contributed by atoms with van der Waals surface area (Å²) in [6.07, 6.45) is -4.52. The van der Waals surface area contributed by atoms with Crippen LogP contribution in [0, 0.1) is 0 Å². The van der Waals surface area contributed by atoms with E-state index in [0.717, 1.165) is 6.07 Å². The van der Waals surface area contributed by atoms with Gasteiger partial charge in [0.05, 0.1) is 6.54 Å². The number of alkyl halides is 3. The first-order chi connectivity index (χ1) is 12.8. The molecule has 9 heteroatoms. The van der Waals surface area contributed by atoms with E-state index in [9.17, 15) is 18.0 Å². The molecule has 1 aliphatic rings. The molecule has 1 aromatic carbocycles. The lowest BCUT2D eigenvalue weighted by Gasteiger charge is -2.18. The van der Waals surface area contributed by atoms with Gasteiger partial charge < -0.3 is 20.7 Å². The normalized spacial score (nSPS) is 17.0. The first kappa shape index (κ1) is 19.0. The molecule has 0 radical (unpaired) electrons. The summed E-state index contributed by atoms with van der Waals surface area (Å²) in [5, 5.41) is 2.77. The average Bonchev–Trinajstić information content (AvgIpc) is 3.10. The van der Waals surface area contributed by atoms with Crippen molar-refractivity contribution in [2.24, 2.45) is 5.73 Å². The number of rotatable bonds is 4. The van der Waals surface area contributed by atoms with Gasteiger partial charge in [0.25, 0.3) is 0 Å². The third kappa shape index (κ3) is 4.88. The smallest absolute Gasteiger partial charge is 0.433 e. The molecule has 1 atom stereocenters. The molecule has 0 unspecified atom stereocenters. The number of para-hydroxylation sites is 1. The maximum atomic E-state index is 13.0. The van der Waals surface area contributed by atoms with Crippen LogP contribution in [0.15, 0.2) is 42.5 Å². The second kappa shape index (κ2) is 7.83. The number of hydrogen-bond acceptors (Lipinski definition) is 4. The fraction of sp³-hybridized carbons (Fsp3) is 0.333. The number of benzene rings is 1. The van der Waals surface area contributed by atoms with Crippen LogP contribution in [-0.2, 0) is 12.7 Å². The number of carbonyl (C=O) groups is 1. The number of nitrogens with zero attached hydrogens (tertiary/aromatic N) is 2. The number of nitrogens with one attached hydrogen (secondary N) is 1. The van der Waals surface area contributed by atoms with E-state index in [1.807, 2.05) is 6.07 Å². The van der Waals surface area contributed by atoms with E-state index in [0.29, 0.717) is 18.7 Å². The highest BCUT2D eigenvalue weighted by Crippen LogP contribution is 2.30. The molecule has 144 valence electrons. The molecule has 6 nitrogen and oxygen atoms in total. The highest BCUT2D eigenvalue weighted by molar-refractivity contribution is 5.89. The molecule has 3 rings (SSSR count). The third-order valence-corrected chi connectivity index (χ3v) is 4.13. The standard InChI is InChI=1S/C18H19F3N4O2/c19-18(20,21)15-8-12(10-22)9-16(24-15)27-14-6-7-25(11-14)17(26)23-13-4-2-1-3-5-13/h1-5,8-9,14H,6-7,10-11,22H2,(H,23,26)/t14-/m0/s1. The Morgan fingerprint density at radius 3 is 2.70 bits per heavy atom. The summed E-state index contributed by atoms with van der Waals surface area (Å²) in [7, 11) is 0. The lowest BCUT2D eigenvalue weighted by atomic mass is 10.2. The zero-order valence-electron chi connectivity index (χ0n) is 14.4. The Kier molecular flexibility index (Phi) is 5.50. The van der Waals surface area contributed by atoms with Crippen molar-refractivity contribution in [3.05, 3.63) is 53.7 Å². The first-order valence-corrected chi connectivity index (χ1v) is 8.41. The molecule has 2 amide bonds. The number of likely N-dealkylation sites (tertiary alicyclic amines) is 1. The molecule has 1 fully saturated rings. The molecule has 0 saturated carbocycles. The lowest BCUT2D eigenvalue weighted by molar-refractivity contribution is -0.141. The van der Waals surface area contributed by atoms with Gasteiger partial charge in [-0.25, -0.2) is 9.78 Å². The number of pyridine rings is 1. The van der Waals surface area contributed by atoms with Gasteiger partial charge in [0.15, 0.2) is 0 Å². The molecule has 1 aliphatic heterocycles. The van der Waals surface area contributed by atoms with Crippen LogP contribution >= 0.6 is 0 Å². The zero-order valence-corrected chi connectivity index (χ0v) is 14.4. The molecule has 0 spiro atoms. The molecule has 1 saturated heterocycles. The monoisotopic (exact) mass is 380 g/mol. The number of nitrogens with two attached hydrogens (primary N) is 1. The number of carbonyl (C=O) groups excluding carboxylic acids is 1. The first-order valence-electron chi connectivity index (χ1n) is 8.41. The highest BCUT2D eigenvalue weighted by Gasteiger charge is 2.34. The molecule has 1 aromatic heterocycles. The fourth-order valence-corrected chi connectivity index (χ4v) is 2.79. The van der Waals surface area contributed by atoms with Crippen molar-refractivity contribution >= 4 is 11.7 Å². The number of aromatic nitrogens is 1. The van der Waals surface area contributed by atoms with Gasteiger partial charge in [0.1, 0.15) is 11.8 Å². The van der Waals surface area contributed by atoms with Crippen LogP contribution < -0.4 is 15.8 Å². The minimum Gasteiger partial charge on any atom is -0.472 e. The Bertz CT molecular complexity index is 799. The van der Waals surface area contributed by atoms with Crippen molar-refractivity contribution in [3.8, 4) is 5.88 Å². The van der Waals surface area contributed by atoms with E-state index in [1.165, 1.54) is 6.07 Å². The summed E-state index contributed by atoms with van der Waals surface area (Å²) < 4.78 is 44.5. The molecule has 2 aromatic rings. The van der Waals surface area contributed by atoms with E-state index in [-0.39, 0.29) is 30.6 Å². The Hall–Kier alpha value is -2.81. The molecule has 0 bridgehead atoms. The minimum atomic E-state index is -4.58. The van der Waals surface area contributed by atoms with Crippen molar-refractivity contribution in [2.75, 3.05) is 18.4 Å². The molecular weight excluding hydrogens is 361 g/mol. The van der Waals surface area contributed by atoms with Crippen LogP contribution in [0.5, 0.6) is 5.88 Å². The maximum Gasteiger partial charge on any atom is 0.433 e. The van der Waals surface area contributed by atoms with Gasteiger partial charge in [-0.15, -0.1) is 0 Å².